The zero-order chi connectivity index (χ0) is 11.5. The van der Waals surface area contributed by atoms with Crippen LogP contribution in [0.1, 0.15) is 5.56 Å². The van der Waals surface area contributed by atoms with Gasteiger partial charge in [0.15, 0.2) is 0 Å². The molecule has 0 saturated carbocycles. The molecule has 1 aromatic carbocycles. The fraction of sp³-hybridized carbons (Fsp3) is 0.417. The number of aliphatic hydroxyl groups is 1. The monoisotopic (exact) mass is 237 g/mol. The summed E-state index contributed by atoms with van der Waals surface area (Å²) in [4.78, 5) is 14.4. The maximum Gasteiger partial charge on any atom is 0.233 e. The van der Waals surface area contributed by atoms with E-state index in [0.717, 1.165) is 4.90 Å². The number of amides is 1. The number of hydrogen-bond acceptors (Lipinski definition) is 3. The van der Waals surface area contributed by atoms with Gasteiger partial charge in [0, 0.05) is 18.0 Å². The van der Waals surface area contributed by atoms with Crippen molar-refractivity contribution in [3.05, 3.63) is 29.8 Å². The molecule has 16 heavy (non-hydrogen) atoms. The molecule has 1 heterocycles. The first kappa shape index (κ1) is 11.5. The van der Waals surface area contributed by atoms with E-state index in [9.17, 15) is 4.79 Å². The minimum atomic E-state index is -0.312. The Balaban J connectivity index is 1.79. The summed E-state index contributed by atoms with van der Waals surface area (Å²) < 4.78 is 0. The van der Waals surface area contributed by atoms with Gasteiger partial charge in [0.25, 0.3) is 0 Å². The highest BCUT2D eigenvalue weighted by Crippen LogP contribution is 2.20. The van der Waals surface area contributed by atoms with E-state index in [2.05, 4.69) is 0 Å². The Morgan fingerprint density at radius 1 is 1.44 bits per heavy atom. The van der Waals surface area contributed by atoms with Gasteiger partial charge in [0.05, 0.1) is 11.9 Å². The Kier molecular flexibility index (Phi) is 3.51. The molecule has 0 spiro atoms. The van der Waals surface area contributed by atoms with Gasteiger partial charge in [-0.25, -0.2) is 0 Å². The van der Waals surface area contributed by atoms with Gasteiger partial charge in [0.1, 0.15) is 0 Å². The van der Waals surface area contributed by atoms with Gasteiger partial charge in [-0.05, 0) is 19.1 Å². The van der Waals surface area contributed by atoms with E-state index in [1.807, 2.05) is 31.2 Å². The van der Waals surface area contributed by atoms with Crippen LogP contribution in [0.4, 0.5) is 0 Å². The molecule has 1 aliphatic heterocycles. The zero-order valence-electron chi connectivity index (χ0n) is 9.22. The summed E-state index contributed by atoms with van der Waals surface area (Å²) in [5.74, 6) is 0.561. The quantitative estimate of drug-likeness (QED) is 0.805. The third-order valence-electron chi connectivity index (χ3n) is 2.60. The summed E-state index contributed by atoms with van der Waals surface area (Å²) in [5, 5.41) is 9.08. The molecule has 1 aromatic rings. The van der Waals surface area contributed by atoms with Crippen LogP contribution in [-0.2, 0) is 4.79 Å². The van der Waals surface area contributed by atoms with Crippen LogP contribution < -0.4 is 0 Å². The van der Waals surface area contributed by atoms with Crippen molar-refractivity contribution in [3.63, 3.8) is 0 Å². The smallest absolute Gasteiger partial charge is 0.233 e. The molecular weight excluding hydrogens is 222 g/mol. The largest absolute Gasteiger partial charge is 0.389 e. The lowest BCUT2D eigenvalue weighted by molar-refractivity contribution is -0.138. The third kappa shape index (κ3) is 2.77. The number of aliphatic hydroxyl groups excluding tert-OH is 1. The SMILES string of the molecule is Cc1ccc(SCC(=O)N2CC(O)C2)cc1. The highest BCUT2D eigenvalue weighted by atomic mass is 32.2. The van der Waals surface area contributed by atoms with Gasteiger partial charge < -0.3 is 10.0 Å². The molecule has 0 radical (unpaired) electrons. The predicted octanol–water partition coefficient (Wildman–Crippen LogP) is 1.29. The summed E-state index contributed by atoms with van der Waals surface area (Å²) in [6.07, 6.45) is -0.312. The number of likely N-dealkylation sites (tertiary alicyclic amines) is 1. The number of hydrogen-bond donors (Lipinski definition) is 1. The van der Waals surface area contributed by atoms with Gasteiger partial charge >= 0.3 is 0 Å². The van der Waals surface area contributed by atoms with Crippen molar-refractivity contribution >= 4 is 17.7 Å². The van der Waals surface area contributed by atoms with Crippen molar-refractivity contribution in [3.8, 4) is 0 Å². The second kappa shape index (κ2) is 4.89. The van der Waals surface area contributed by atoms with Crippen molar-refractivity contribution in [1.29, 1.82) is 0 Å². The zero-order valence-corrected chi connectivity index (χ0v) is 10.0. The molecule has 1 fully saturated rings. The summed E-state index contributed by atoms with van der Waals surface area (Å²) >= 11 is 1.54. The maximum atomic E-state index is 11.6. The van der Waals surface area contributed by atoms with Gasteiger partial charge in [-0.1, -0.05) is 17.7 Å². The molecule has 0 aliphatic carbocycles. The first-order valence-corrected chi connectivity index (χ1v) is 6.29. The summed E-state index contributed by atoms with van der Waals surface area (Å²) in [6.45, 7) is 3.03. The second-order valence-corrected chi connectivity index (χ2v) is 5.10. The lowest BCUT2D eigenvalue weighted by atomic mass is 10.2. The van der Waals surface area contributed by atoms with E-state index >= 15 is 0 Å². The number of thioether (sulfide) groups is 1. The Labute approximate surface area is 99.5 Å². The van der Waals surface area contributed by atoms with E-state index in [1.54, 1.807) is 16.7 Å². The first-order valence-electron chi connectivity index (χ1n) is 5.30. The van der Waals surface area contributed by atoms with E-state index in [-0.39, 0.29) is 12.0 Å². The average Bonchev–Trinajstić information content (AvgIpc) is 2.24. The molecule has 0 bridgehead atoms. The number of carbonyl (C=O) groups is 1. The van der Waals surface area contributed by atoms with E-state index < -0.39 is 0 Å². The van der Waals surface area contributed by atoms with Crippen LogP contribution in [0.5, 0.6) is 0 Å². The summed E-state index contributed by atoms with van der Waals surface area (Å²) in [5.41, 5.74) is 1.22. The third-order valence-corrected chi connectivity index (χ3v) is 3.60. The Bertz CT molecular complexity index is 371. The first-order chi connectivity index (χ1) is 7.65. The summed E-state index contributed by atoms with van der Waals surface area (Å²) in [7, 11) is 0. The van der Waals surface area contributed by atoms with Crippen LogP contribution in [-0.4, -0.2) is 40.9 Å². The maximum absolute atomic E-state index is 11.6. The van der Waals surface area contributed by atoms with E-state index in [1.165, 1.54) is 5.56 Å². The summed E-state index contributed by atoms with van der Waals surface area (Å²) in [6, 6.07) is 8.14. The van der Waals surface area contributed by atoms with E-state index in [4.69, 9.17) is 5.11 Å². The fourth-order valence-corrected chi connectivity index (χ4v) is 2.33. The molecule has 86 valence electrons. The van der Waals surface area contributed by atoms with Crippen molar-refractivity contribution in [2.75, 3.05) is 18.8 Å². The van der Waals surface area contributed by atoms with Gasteiger partial charge in [-0.3, -0.25) is 4.79 Å². The molecule has 0 atom stereocenters. The molecule has 1 amide bonds. The topological polar surface area (TPSA) is 40.5 Å². The molecule has 4 heteroatoms. The van der Waals surface area contributed by atoms with Crippen molar-refractivity contribution < 1.29 is 9.90 Å². The minimum Gasteiger partial charge on any atom is -0.389 e. The van der Waals surface area contributed by atoms with Crippen LogP contribution in [0, 0.1) is 6.92 Å². The lowest BCUT2D eigenvalue weighted by Crippen LogP contribution is -2.54. The number of carbonyl (C=O) groups excluding carboxylic acids is 1. The molecule has 0 unspecified atom stereocenters. The van der Waals surface area contributed by atoms with Gasteiger partial charge in [-0.15, -0.1) is 11.8 Å². The molecule has 1 aliphatic rings. The van der Waals surface area contributed by atoms with Crippen molar-refractivity contribution in [2.45, 2.75) is 17.9 Å². The standard InChI is InChI=1S/C12H15NO2S/c1-9-2-4-11(5-3-9)16-8-12(15)13-6-10(14)7-13/h2-5,10,14H,6-8H2,1H3. The minimum absolute atomic E-state index is 0.107. The molecule has 0 aromatic heterocycles. The Hall–Kier alpha value is -1.00. The number of rotatable bonds is 3. The van der Waals surface area contributed by atoms with Crippen LogP contribution in [0.25, 0.3) is 0 Å². The Morgan fingerprint density at radius 2 is 2.06 bits per heavy atom. The lowest BCUT2D eigenvalue weighted by Gasteiger charge is -2.35. The van der Waals surface area contributed by atoms with Gasteiger partial charge in [-0.2, -0.15) is 0 Å². The molecular formula is C12H15NO2S. The van der Waals surface area contributed by atoms with Crippen molar-refractivity contribution in [1.82, 2.24) is 4.90 Å². The number of aryl methyl sites for hydroxylation is 1. The number of β-amino-alcohol motifs (C(OH)–C–C–N with tert-alkyl or cyclic N) is 1. The predicted molar refractivity (Wildman–Crippen MR) is 64.5 cm³/mol. The van der Waals surface area contributed by atoms with Crippen LogP contribution in [0.15, 0.2) is 29.2 Å². The molecule has 1 N–H and O–H groups in total. The van der Waals surface area contributed by atoms with Crippen LogP contribution in [0.2, 0.25) is 0 Å². The van der Waals surface area contributed by atoms with Gasteiger partial charge in [0.2, 0.25) is 5.91 Å². The highest BCUT2D eigenvalue weighted by Gasteiger charge is 2.28. The van der Waals surface area contributed by atoms with Crippen LogP contribution in [0.3, 0.4) is 0 Å². The second-order valence-electron chi connectivity index (χ2n) is 4.05. The highest BCUT2D eigenvalue weighted by molar-refractivity contribution is 8.00. The Morgan fingerprint density at radius 3 is 2.62 bits per heavy atom. The molecule has 3 nitrogen and oxygen atoms in total. The molecule has 2 rings (SSSR count). The average molecular weight is 237 g/mol. The fourth-order valence-electron chi connectivity index (χ4n) is 1.53. The normalized spacial score (nSPS) is 16.0. The number of benzene rings is 1. The van der Waals surface area contributed by atoms with Crippen molar-refractivity contribution in [2.24, 2.45) is 0 Å². The van der Waals surface area contributed by atoms with E-state index in [0.29, 0.717) is 18.8 Å². The van der Waals surface area contributed by atoms with Crippen LogP contribution >= 0.6 is 11.8 Å². The molecule has 1 saturated heterocycles. The number of nitrogens with zero attached hydrogens (tertiary/aromatic N) is 1.